The van der Waals surface area contributed by atoms with Crippen LogP contribution in [0, 0.1) is 5.92 Å². The first-order chi connectivity index (χ1) is 11.6. The first-order valence-corrected chi connectivity index (χ1v) is 7.46. The number of hydrogen-bond acceptors (Lipinski definition) is 3. The van der Waals surface area contributed by atoms with Gasteiger partial charge in [-0.05, 0) is 24.3 Å². The molecular weight excluding hydrogens is 337 g/mol. The Morgan fingerprint density at radius 2 is 1.80 bits per heavy atom. The zero-order valence-corrected chi connectivity index (χ0v) is 13.6. The third-order valence-electron chi connectivity index (χ3n) is 3.17. The third kappa shape index (κ3) is 5.33. The van der Waals surface area contributed by atoms with Crippen molar-refractivity contribution < 1.29 is 22.8 Å². The highest BCUT2D eigenvalue weighted by Gasteiger charge is 2.33. The van der Waals surface area contributed by atoms with Gasteiger partial charge in [0, 0.05) is 23.5 Å². The zero-order chi connectivity index (χ0) is 18.6. The van der Waals surface area contributed by atoms with Crippen molar-refractivity contribution in [1.29, 1.82) is 0 Å². The number of anilines is 2. The highest BCUT2D eigenvalue weighted by molar-refractivity contribution is 5.94. The molecule has 0 unspecified atom stereocenters. The van der Waals surface area contributed by atoms with E-state index < -0.39 is 17.8 Å². The second-order valence-corrected chi connectivity index (χ2v) is 5.67. The lowest BCUT2D eigenvalue weighted by Crippen LogP contribution is -2.20. The topological polar surface area (TPSA) is 76.0 Å². The van der Waals surface area contributed by atoms with Crippen LogP contribution in [0.1, 0.15) is 19.5 Å². The van der Waals surface area contributed by atoms with E-state index in [-0.39, 0.29) is 18.4 Å². The van der Waals surface area contributed by atoms with Crippen LogP contribution >= 0.6 is 0 Å². The zero-order valence-electron chi connectivity index (χ0n) is 13.6. The molecule has 134 valence electrons. The van der Waals surface area contributed by atoms with Crippen LogP contribution in [0.2, 0.25) is 0 Å². The van der Waals surface area contributed by atoms with Gasteiger partial charge in [0.1, 0.15) is 6.54 Å². The molecule has 1 aromatic heterocycles. The fourth-order valence-corrected chi connectivity index (χ4v) is 1.91. The molecule has 2 amide bonds. The number of aromatic nitrogens is 2. The number of hydrogen-bond donors (Lipinski definition) is 2. The monoisotopic (exact) mass is 354 g/mol. The molecule has 0 bridgehead atoms. The van der Waals surface area contributed by atoms with E-state index in [9.17, 15) is 22.8 Å². The minimum Gasteiger partial charge on any atom is -0.326 e. The Morgan fingerprint density at radius 3 is 2.36 bits per heavy atom. The summed E-state index contributed by atoms with van der Waals surface area (Å²) in [6.45, 7) is 3.14. The third-order valence-corrected chi connectivity index (χ3v) is 3.17. The van der Waals surface area contributed by atoms with Gasteiger partial charge in [0.2, 0.25) is 11.8 Å². The Kier molecular flexibility index (Phi) is 5.45. The Morgan fingerprint density at radius 1 is 1.16 bits per heavy atom. The molecule has 2 N–H and O–H groups in total. The largest absolute Gasteiger partial charge is 0.435 e. The Hall–Kier alpha value is -2.84. The van der Waals surface area contributed by atoms with E-state index in [1.165, 1.54) is 0 Å². The van der Waals surface area contributed by atoms with E-state index in [4.69, 9.17) is 0 Å². The van der Waals surface area contributed by atoms with Crippen LogP contribution in [0.3, 0.4) is 0 Å². The van der Waals surface area contributed by atoms with E-state index in [1.807, 2.05) is 0 Å². The number of carbonyl (C=O) groups excluding carboxylic acids is 2. The predicted octanol–water partition coefficient (Wildman–Crippen LogP) is 3.14. The summed E-state index contributed by atoms with van der Waals surface area (Å²) in [5.74, 6) is -0.898. The summed E-state index contributed by atoms with van der Waals surface area (Å²) in [5.41, 5.74) is -0.136. The molecule has 6 nitrogen and oxygen atoms in total. The smallest absolute Gasteiger partial charge is 0.326 e. The van der Waals surface area contributed by atoms with Gasteiger partial charge in [0.25, 0.3) is 0 Å². The fourth-order valence-electron chi connectivity index (χ4n) is 1.91. The van der Waals surface area contributed by atoms with E-state index in [0.717, 1.165) is 16.9 Å². The van der Waals surface area contributed by atoms with Gasteiger partial charge < -0.3 is 10.6 Å². The molecular formula is C16H17F3N4O2. The molecule has 2 rings (SSSR count). The first-order valence-electron chi connectivity index (χ1n) is 7.46. The van der Waals surface area contributed by atoms with E-state index in [1.54, 1.807) is 38.1 Å². The van der Waals surface area contributed by atoms with Crippen LogP contribution in [-0.4, -0.2) is 21.6 Å². The number of nitrogens with one attached hydrogen (secondary N) is 2. The molecule has 0 saturated carbocycles. The number of nitrogens with zero attached hydrogens (tertiary/aromatic N) is 2. The van der Waals surface area contributed by atoms with Gasteiger partial charge in [-0.2, -0.15) is 18.3 Å². The number of amides is 2. The molecule has 9 heteroatoms. The summed E-state index contributed by atoms with van der Waals surface area (Å²) in [6.07, 6.45) is -3.47. The van der Waals surface area contributed by atoms with E-state index in [2.05, 4.69) is 15.7 Å². The standard InChI is InChI=1S/C16H17F3N4O2/c1-10(2)15(25)21-12-5-3-4-11(8-12)20-14(24)9-23-7-6-13(22-23)16(17,18)19/h3-8,10H,9H2,1-2H3,(H,20,24)(H,21,25). The second kappa shape index (κ2) is 7.37. The maximum Gasteiger partial charge on any atom is 0.435 e. The van der Waals surface area contributed by atoms with Crippen LogP contribution in [0.5, 0.6) is 0 Å². The van der Waals surface area contributed by atoms with Crippen molar-refractivity contribution in [1.82, 2.24) is 9.78 Å². The van der Waals surface area contributed by atoms with Crippen molar-refractivity contribution in [3.63, 3.8) is 0 Å². The summed E-state index contributed by atoms with van der Waals surface area (Å²) in [7, 11) is 0. The van der Waals surface area contributed by atoms with Crippen LogP contribution in [0.15, 0.2) is 36.5 Å². The molecule has 0 aliphatic rings. The molecule has 0 aliphatic heterocycles. The normalized spacial score (nSPS) is 11.4. The van der Waals surface area contributed by atoms with E-state index >= 15 is 0 Å². The van der Waals surface area contributed by atoms with Gasteiger partial charge >= 0.3 is 6.18 Å². The SMILES string of the molecule is CC(C)C(=O)Nc1cccc(NC(=O)Cn2ccc(C(F)(F)F)n2)c1. The highest BCUT2D eigenvalue weighted by atomic mass is 19.4. The second-order valence-electron chi connectivity index (χ2n) is 5.67. The molecule has 0 saturated heterocycles. The maximum atomic E-state index is 12.5. The van der Waals surface area contributed by atoms with Gasteiger partial charge in [-0.25, -0.2) is 0 Å². The molecule has 0 radical (unpaired) electrons. The van der Waals surface area contributed by atoms with Crippen molar-refractivity contribution in [3.8, 4) is 0 Å². The Labute approximate surface area is 142 Å². The van der Waals surface area contributed by atoms with Crippen LogP contribution in [0.25, 0.3) is 0 Å². The summed E-state index contributed by atoms with van der Waals surface area (Å²) < 4.78 is 38.3. The van der Waals surface area contributed by atoms with Gasteiger partial charge in [-0.15, -0.1) is 0 Å². The minimum atomic E-state index is -4.55. The van der Waals surface area contributed by atoms with Crippen molar-refractivity contribution >= 4 is 23.2 Å². The van der Waals surface area contributed by atoms with Crippen molar-refractivity contribution in [3.05, 3.63) is 42.2 Å². The molecule has 0 spiro atoms. The minimum absolute atomic E-state index is 0.167. The average Bonchev–Trinajstić information content (AvgIpc) is 2.95. The van der Waals surface area contributed by atoms with Gasteiger partial charge in [-0.3, -0.25) is 14.3 Å². The fraction of sp³-hybridized carbons (Fsp3) is 0.312. The predicted molar refractivity (Wildman–Crippen MR) is 85.8 cm³/mol. The number of benzene rings is 1. The lowest BCUT2D eigenvalue weighted by molar-refractivity contribution is -0.141. The molecule has 2 aromatic rings. The van der Waals surface area contributed by atoms with Crippen LogP contribution in [-0.2, 0) is 22.3 Å². The first kappa shape index (κ1) is 18.5. The van der Waals surface area contributed by atoms with E-state index in [0.29, 0.717) is 11.4 Å². The summed E-state index contributed by atoms with van der Waals surface area (Å²) in [4.78, 5) is 23.6. The van der Waals surface area contributed by atoms with Crippen molar-refractivity contribution in [2.45, 2.75) is 26.6 Å². The summed E-state index contributed by atoms with van der Waals surface area (Å²) in [6, 6.07) is 7.27. The molecule has 0 atom stereocenters. The van der Waals surface area contributed by atoms with Crippen LogP contribution in [0.4, 0.5) is 24.5 Å². The molecule has 25 heavy (non-hydrogen) atoms. The van der Waals surface area contributed by atoms with Gasteiger partial charge in [0.15, 0.2) is 5.69 Å². The lowest BCUT2D eigenvalue weighted by atomic mass is 10.2. The highest BCUT2D eigenvalue weighted by Crippen LogP contribution is 2.27. The summed E-state index contributed by atoms with van der Waals surface area (Å²) in [5, 5.41) is 8.55. The van der Waals surface area contributed by atoms with Crippen LogP contribution < -0.4 is 10.6 Å². The molecule has 1 heterocycles. The van der Waals surface area contributed by atoms with Gasteiger partial charge in [-0.1, -0.05) is 19.9 Å². The number of halogens is 3. The van der Waals surface area contributed by atoms with Gasteiger partial charge in [0.05, 0.1) is 0 Å². The lowest BCUT2D eigenvalue weighted by Gasteiger charge is -2.10. The number of alkyl halides is 3. The number of carbonyl (C=O) groups is 2. The molecule has 0 aliphatic carbocycles. The Balaban J connectivity index is 1.98. The quantitative estimate of drug-likeness (QED) is 0.866. The molecule has 1 aromatic carbocycles. The Bertz CT molecular complexity index is 769. The average molecular weight is 354 g/mol. The summed E-state index contributed by atoms with van der Waals surface area (Å²) >= 11 is 0. The number of rotatable bonds is 5. The molecule has 0 fully saturated rings. The van der Waals surface area contributed by atoms with Crippen molar-refractivity contribution in [2.24, 2.45) is 5.92 Å². The van der Waals surface area contributed by atoms with Crippen molar-refractivity contribution in [2.75, 3.05) is 10.6 Å². The maximum absolute atomic E-state index is 12.5.